The number of nitrogens with zero attached hydrogens (tertiary/aromatic N) is 2. The average molecular weight is 308 g/mol. The summed E-state index contributed by atoms with van der Waals surface area (Å²) in [4.78, 5) is 2.85. The van der Waals surface area contributed by atoms with E-state index >= 15 is 0 Å². The molecule has 0 aromatic heterocycles. The van der Waals surface area contributed by atoms with Gasteiger partial charge in [0.15, 0.2) is 0 Å². The maximum atomic E-state index is 12.7. The van der Waals surface area contributed by atoms with Crippen LogP contribution in [0.2, 0.25) is 0 Å². The van der Waals surface area contributed by atoms with Crippen LogP contribution in [-0.4, -0.2) is 49.8 Å². The second-order valence-electron chi connectivity index (χ2n) is 7.45. The van der Waals surface area contributed by atoms with Gasteiger partial charge in [0.2, 0.25) is 10.0 Å². The number of rotatable bonds is 3. The predicted molar refractivity (Wildman–Crippen MR) is 83.5 cm³/mol. The smallest absolute Gasteiger partial charge is 0.243 e. The maximum Gasteiger partial charge on any atom is 0.243 e. The first-order valence-electron chi connectivity index (χ1n) is 7.57. The summed E-state index contributed by atoms with van der Waals surface area (Å²) in [5.74, 6) is 0.505. The molecule has 2 heterocycles. The van der Waals surface area contributed by atoms with E-state index in [-0.39, 0.29) is 5.41 Å². The van der Waals surface area contributed by atoms with Crippen LogP contribution in [0.4, 0.5) is 0 Å². The molecule has 0 radical (unpaired) electrons. The Kier molecular flexibility index (Phi) is 3.62. The van der Waals surface area contributed by atoms with Crippen LogP contribution in [0.3, 0.4) is 0 Å². The molecule has 2 aliphatic heterocycles. The molecule has 2 aliphatic rings. The van der Waals surface area contributed by atoms with Crippen LogP contribution in [0.25, 0.3) is 0 Å². The number of fused-ring (bicyclic) bond motifs is 1. The zero-order valence-electron chi connectivity index (χ0n) is 13.0. The first kappa shape index (κ1) is 15.0. The first-order valence-corrected chi connectivity index (χ1v) is 9.01. The minimum Gasteiger partial charge on any atom is -0.298 e. The number of benzene rings is 1. The molecule has 1 aromatic rings. The highest BCUT2D eigenvalue weighted by molar-refractivity contribution is 7.89. The van der Waals surface area contributed by atoms with Gasteiger partial charge in [-0.2, -0.15) is 4.31 Å². The highest BCUT2D eigenvalue weighted by Crippen LogP contribution is 2.36. The molecule has 0 N–H and O–H groups in total. The summed E-state index contributed by atoms with van der Waals surface area (Å²) in [6, 6.07) is 9.18. The Balaban J connectivity index is 1.71. The van der Waals surface area contributed by atoms with Gasteiger partial charge in [-0.1, -0.05) is 39.0 Å². The van der Waals surface area contributed by atoms with Gasteiger partial charge in [-0.15, -0.1) is 0 Å². The Morgan fingerprint density at radius 2 is 1.76 bits per heavy atom. The first-order chi connectivity index (χ1) is 9.77. The fourth-order valence-electron chi connectivity index (χ4n) is 3.44. The van der Waals surface area contributed by atoms with Gasteiger partial charge in [0.05, 0.1) is 4.90 Å². The van der Waals surface area contributed by atoms with Crippen molar-refractivity contribution >= 4 is 10.0 Å². The van der Waals surface area contributed by atoms with E-state index in [0.717, 1.165) is 13.1 Å². The number of hydrogen-bond acceptors (Lipinski definition) is 3. The van der Waals surface area contributed by atoms with Crippen LogP contribution in [-0.2, 0) is 10.0 Å². The van der Waals surface area contributed by atoms with Crippen molar-refractivity contribution in [3.05, 3.63) is 30.3 Å². The van der Waals surface area contributed by atoms with E-state index in [1.807, 2.05) is 6.07 Å². The molecule has 0 spiro atoms. The van der Waals surface area contributed by atoms with Gasteiger partial charge in [0, 0.05) is 38.1 Å². The van der Waals surface area contributed by atoms with Gasteiger partial charge in [-0.25, -0.2) is 8.42 Å². The number of likely N-dealkylation sites (tertiary alicyclic amines) is 1. The Morgan fingerprint density at radius 3 is 2.38 bits per heavy atom. The van der Waals surface area contributed by atoms with Gasteiger partial charge in [0.1, 0.15) is 0 Å². The zero-order chi connectivity index (χ0) is 15.3. The minimum atomic E-state index is -3.32. The Hall–Kier alpha value is -0.910. The lowest BCUT2D eigenvalue weighted by Crippen LogP contribution is -2.57. The fraction of sp³-hybridized carbons (Fsp3) is 0.625. The summed E-state index contributed by atoms with van der Waals surface area (Å²) in [6.07, 6.45) is 0. The van der Waals surface area contributed by atoms with Crippen LogP contribution >= 0.6 is 0 Å². The van der Waals surface area contributed by atoms with E-state index in [1.54, 1.807) is 28.6 Å². The van der Waals surface area contributed by atoms with E-state index < -0.39 is 10.0 Å². The molecule has 2 saturated heterocycles. The fourth-order valence-corrected chi connectivity index (χ4v) is 4.97. The van der Waals surface area contributed by atoms with Crippen LogP contribution in [0.1, 0.15) is 20.8 Å². The van der Waals surface area contributed by atoms with Gasteiger partial charge >= 0.3 is 0 Å². The van der Waals surface area contributed by atoms with E-state index in [2.05, 4.69) is 25.7 Å². The molecule has 2 unspecified atom stereocenters. The van der Waals surface area contributed by atoms with Crippen molar-refractivity contribution in [2.45, 2.75) is 31.7 Å². The monoisotopic (exact) mass is 308 g/mol. The third-order valence-corrected chi connectivity index (χ3v) is 6.22. The SMILES string of the molecule is CC(C)(C)CN1CC2CN(S(=O)(=O)c3ccccc3)CC21. The van der Waals surface area contributed by atoms with Crippen molar-refractivity contribution in [1.29, 1.82) is 0 Å². The standard InChI is InChI=1S/C16H24N2O2S/c1-16(2,3)12-17-9-13-10-18(11-15(13)17)21(19,20)14-7-5-4-6-8-14/h4-8,13,15H,9-12H2,1-3H3. The maximum absolute atomic E-state index is 12.7. The largest absolute Gasteiger partial charge is 0.298 e. The highest BCUT2D eigenvalue weighted by Gasteiger charge is 2.49. The van der Waals surface area contributed by atoms with E-state index in [0.29, 0.717) is 29.9 Å². The lowest BCUT2D eigenvalue weighted by Gasteiger charge is -2.46. The Bertz CT molecular complexity index is 607. The lowest BCUT2D eigenvalue weighted by molar-refractivity contribution is 0.0214. The van der Waals surface area contributed by atoms with E-state index in [1.165, 1.54) is 0 Å². The van der Waals surface area contributed by atoms with Crippen molar-refractivity contribution in [1.82, 2.24) is 9.21 Å². The summed E-state index contributed by atoms with van der Waals surface area (Å²) in [6.45, 7) is 10.1. The van der Waals surface area contributed by atoms with Gasteiger partial charge < -0.3 is 0 Å². The lowest BCUT2D eigenvalue weighted by atomic mass is 9.87. The third kappa shape index (κ3) is 2.87. The molecule has 1 aromatic carbocycles. The molecule has 0 amide bonds. The predicted octanol–water partition coefficient (Wildman–Crippen LogP) is 2.04. The highest BCUT2D eigenvalue weighted by atomic mass is 32.2. The number of sulfonamides is 1. The van der Waals surface area contributed by atoms with Crippen molar-refractivity contribution in [2.24, 2.45) is 11.3 Å². The number of hydrogen-bond donors (Lipinski definition) is 0. The molecule has 0 aliphatic carbocycles. The quantitative estimate of drug-likeness (QED) is 0.858. The molecular formula is C16H24N2O2S. The average Bonchev–Trinajstić information content (AvgIpc) is 2.74. The molecule has 3 rings (SSSR count). The Labute approximate surface area is 127 Å². The van der Waals surface area contributed by atoms with Crippen LogP contribution in [0.15, 0.2) is 35.2 Å². The van der Waals surface area contributed by atoms with Gasteiger partial charge in [-0.3, -0.25) is 4.90 Å². The van der Waals surface area contributed by atoms with Crippen molar-refractivity contribution < 1.29 is 8.42 Å². The van der Waals surface area contributed by atoms with Crippen molar-refractivity contribution in [3.63, 3.8) is 0 Å². The molecule has 0 saturated carbocycles. The van der Waals surface area contributed by atoms with Crippen LogP contribution in [0.5, 0.6) is 0 Å². The molecule has 0 bridgehead atoms. The summed E-state index contributed by atoms with van der Waals surface area (Å²) in [5, 5.41) is 0. The molecule has 2 fully saturated rings. The van der Waals surface area contributed by atoms with Gasteiger partial charge in [-0.05, 0) is 17.5 Å². The Morgan fingerprint density at radius 1 is 1.10 bits per heavy atom. The van der Waals surface area contributed by atoms with Crippen molar-refractivity contribution in [3.8, 4) is 0 Å². The van der Waals surface area contributed by atoms with Crippen LogP contribution < -0.4 is 0 Å². The third-order valence-electron chi connectivity index (χ3n) is 4.37. The minimum absolute atomic E-state index is 0.261. The summed E-state index contributed by atoms with van der Waals surface area (Å²) in [7, 11) is -3.32. The molecule has 5 heteroatoms. The van der Waals surface area contributed by atoms with Crippen molar-refractivity contribution in [2.75, 3.05) is 26.2 Å². The molecule has 116 valence electrons. The summed E-state index contributed by atoms with van der Waals surface area (Å²) < 4.78 is 27.0. The van der Waals surface area contributed by atoms with E-state index in [4.69, 9.17) is 0 Å². The summed E-state index contributed by atoms with van der Waals surface area (Å²) in [5.41, 5.74) is 0.261. The normalized spacial score (nSPS) is 27.4. The van der Waals surface area contributed by atoms with Crippen LogP contribution in [0, 0.1) is 11.3 Å². The van der Waals surface area contributed by atoms with Gasteiger partial charge in [0.25, 0.3) is 0 Å². The second-order valence-corrected chi connectivity index (χ2v) is 9.39. The molecule has 4 nitrogen and oxygen atoms in total. The zero-order valence-corrected chi connectivity index (χ0v) is 13.8. The molecule has 2 atom stereocenters. The topological polar surface area (TPSA) is 40.6 Å². The molecule has 21 heavy (non-hydrogen) atoms. The second kappa shape index (κ2) is 5.07. The molecular weight excluding hydrogens is 284 g/mol. The van der Waals surface area contributed by atoms with E-state index in [9.17, 15) is 8.42 Å². The summed E-state index contributed by atoms with van der Waals surface area (Å²) >= 11 is 0.